The Morgan fingerprint density at radius 2 is 1.85 bits per heavy atom. The molecule has 3 rings (SSSR count). The van der Waals surface area contributed by atoms with E-state index in [4.69, 9.17) is 23.2 Å². The molecule has 0 radical (unpaired) electrons. The van der Waals surface area contributed by atoms with Crippen LogP contribution in [0.3, 0.4) is 0 Å². The first-order chi connectivity index (χ1) is 12.4. The number of nitrogens with one attached hydrogen (secondary N) is 1. The Bertz CT molecular complexity index is 799. The number of hydrogen-bond acceptors (Lipinski definition) is 2. The summed E-state index contributed by atoms with van der Waals surface area (Å²) in [7, 11) is 0. The van der Waals surface area contributed by atoms with Crippen molar-refractivity contribution in [1.82, 2.24) is 4.90 Å². The number of benzene rings is 2. The fourth-order valence-corrected chi connectivity index (χ4v) is 3.90. The van der Waals surface area contributed by atoms with Crippen LogP contribution in [0.15, 0.2) is 36.4 Å². The average Bonchev–Trinajstić information content (AvgIpc) is 2.60. The van der Waals surface area contributed by atoms with E-state index in [-0.39, 0.29) is 11.8 Å². The van der Waals surface area contributed by atoms with Crippen molar-refractivity contribution < 1.29 is 4.79 Å². The van der Waals surface area contributed by atoms with Crippen LogP contribution in [0.25, 0.3) is 0 Å². The highest BCUT2D eigenvalue weighted by molar-refractivity contribution is 6.35. The third-order valence-corrected chi connectivity index (χ3v) is 5.59. The van der Waals surface area contributed by atoms with Crippen LogP contribution in [0.4, 0.5) is 5.69 Å². The van der Waals surface area contributed by atoms with Crippen molar-refractivity contribution in [2.75, 3.05) is 18.4 Å². The first kappa shape index (κ1) is 19.2. The smallest absolute Gasteiger partial charge is 0.227 e. The normalized spacial score (nSPS) is 15.8. The van der Waals surface area contributed by atoms with Gasteiger partial charge in [-0.05, 0) is 69.1 Å². The Morgan fingerprint density at radius 3 is 2.50 bits per heavy atom. The third kappa shape index (κ3) is 4.79. The summed E-state index contributed by atoms with van der Waals surface area (Å²) in [5, 5.41) is 4.45. The van der Waals surface area contributed by atoms with Gasteiger partial charge in [0, 0.05) is 28.2 Å². The number of halogens is 2. The zero-order valence-electron chi connectivity index (χ0n) is 15.2. The van der Waals surface area contributed by atoms with Crippen LogP contribution in [0.2, 0.25) is 10.0 Å². The summed E-state index contributed by atoms with van der Waals surface area (Å²) >= 11 is 12.2. The molecule has 0 aliphatic carbocycles. The SMILES string of the molecule is Cc1ccc(NC(=O)C2CCN(Cc3ccc(Cl)cc3Cl)CC2)c(C)c1. The maximum atomic E-state index is 12.6. The van der Waals surface area contributed by atoms with Gasteiger partial charge >= 0.3 is 0 Å². The molecule has 1 N–H and O–H groups in total. The van der Waals surface area contributed by atoms with E-state index < -0.39 is 0 Å². The zero-order valence-corrected chi connectivity index (χ0v) is 16.7. The molecule has 1 aliphatic heterocycles. The van der Waals surface area contributed by atoms with Crippen molar-refractivity contribution in [1.29, 1.82) is 0 Å². The zero-order chi connectivity index (χ0) is 18.7. The molecular weight excluding hydrogens is 367 g/mol. The van der Waals surface area contributed by atoms with E-state index in [0.717, 1.165) is 49.3 Å². The van der Waals surface area contributed by atoms with Gasteiger partial charge in [0.1, 0.15) is 0 Å². The lowest BCUT2D eigenvalue weighted by atomic mass is 9.95. The van der Waals surface area contributed by atoms with Crippen LogP contribution in [-0.2, 0) is 11.3 Å². The van der Waals surface area contributed by atoms with Gasteiger partial charge in [0.05, 0.1) is 0 Å². The molecule has 138 valence electrons. The number of aryl methyl sites for hydroxylation is 2. The number of carbonyl (C=O) groups is 1. The second-order valence-electron chi connectivity index (χ2n) is 7.09. The molecule has 0 spiro atoms. The molecule has 5 heteroatoms. The number of likely N-dealkylation sites (tertiary alicyclic amines) is 1. The van der Waals surface area contributed by atoms with Gasteiger partial charge in [-0.2, -0.15) is 0 Å². The number of anilines is 1. The number of rotatable bonds is 4. The number of piperidine rings is 1. The minimum atomic E-state index is 0.0626. The molecule has 1 heterocycles. The van der Waals surface area contributed by atoms with E-state index in [9.17, 15) is 4.79 Å². The first-order valence-corrected chi connectivity index (χ1v) is 9.72. The number of amides is 1. The van der Waals surface area contributed by atoms with Gasteiger partial charge in [-0.25, -0.2) is 0 Å². The highest BCUT2D eigenvalue weighted by Gasteiger charge is 2.25. The van der Waals surface area contributed by atoms with Crippen LogP contribution in [0.5, 0.6) is 0 Å². The molecule has 2 aromatic carbocycles. The molecule has 0 aromatic heterocycles. The fourth-order valence-electron chi connectivity index (χ4n) is 3.43. The number of carbonyl (C=O) groups excluding carboxylic acids is 1. The van der Waals surface area contributed by atoms with E-state index in [0.29, 0.717) is 10.0 Å². The average molecular weight is 391 g/mol. The lowest BCUT2D eigenvalue weighted by Crippen LogP contribution is -2.37. The Hall–Kier alpha value is -1.55. The van der Waals surface area contributed by atoms with Crippen LogP contribution in [0, 0.1) is 19.8 Å². The van der Waals surface area contributed by atoms with E-state index >= 15 is 0 Å². The lowest BCUT2D eigenvalue weighted by Gasteiger charge is -2.31. The molecule has 0 unspecified atom stereocenters. The summed E-state index contributed by atoms with van der Waals surface area (Å²) in [5.41, 5.74) is 4.30. The third-order valence-electron chi connectivity index (χ3n) is 5.01. The molecular formula is C21H24Cl2N2O. The highest BCUT2D eigenvalue weighted by Crippen LogP contribution is 2.26. The highest BCUT2D eigenvalue weighted by atomic mass is 35.5. The van der Waals surface area contributed by atoms with Crippen LogP contribution >= 0.6 is 23.2 Å². The molecule has 3 nitrogen and oxygen atoms in total. The molecule has 0 atom stereocenters. The van der Waals surface area contributed by atoms with E-state index in [1.807, 2.05) is 31.2 Å². The predicted molar refractivity (Wildman–Crippen MR) is 109 cm³/mol. The van der Waals surface area contributed by atoms with Crippen molar-refractivity contribution >= 4 is 34.8 Å². The largest absolute Gasteiger partial charge is 0.326 e. The Labute approximate surface area is 165 Å². The van der Waals surface area contributed by atoms with E-state index in [1.165, 1.54) is 5.56 Å². The minimum Gasteiger partial charge on any atom is -0.326 e. The van der Waals surface area contributed by atoms with Crippen molar-refractivity contribution in [3.8, 4) is 0 Å². The summed E-state index contributed by atoms with van der Waals surface area (Å²) in [4.78, 5) is 14.9. The molecule has 1 fully saturated rings. The lowest BCUT2D eigenvalue weighted by molar-refractivity contribution is -0.121. The van der Waals surface area contributed by atoms with Gasteiger partial charge in [-0.3, -0.25) is 9.69 Å². The second kappa shape index (κ2) is 8.43. The van der Waals surface area contributed by atoms with E-state index in [1.54, 1.807) is 6.07 Å². The molecule has 0 saturated carbocycles. The molecule has 2 aromatic rings. The van der Waals surface area contributed by atoms with Crippen molar-refractivity contribution in [2.24, 2.45) is 5.92 Å². The number of hydrogen-bond donors (Lipinski definition) is 1. The summed E-state index contributed by atoms with van der Waals surface area (Å²) in [6, 6.07) is 11.7. The number of nitrogens with zero attached hydrogens (tertiary/aromatic N) is 1. The monoisotopic (exact) mass is 390 g/mol. The topological polar surface area (TPSA) is 32.3 Å². The van der Waals surface area contributed by atoms with Crippen LogP contribution in [-0.4, -0.2) is 23.9 Å². The van der Waals surface area contributed by atoms with Gasteiger partial charge in [0.25, 0.3) is 0 Å². The maximum absolute atomic E-state index is 12.6. The van der Waals surface area contributed by atoms with Crippen molar-refractivity contribution in [2.45, 2.75) is 33.2 Å². The first-order valence-electron chi connectivity index (χ1n) is 8.97. The van der Waals surface area contributed by atoms with Gasteiger partial charge in [0.2, 0.25) is 5.91 Å². The quantitative estimate of drug-likeness (QED) is 0.751. The summed E-state index contributed by atoms with van der Waals surface area (Å²) in [6.07, 6.45) is 1.73. The Morgan fingerprint density at radius 1 is 1.12 bits per heavy atom. The molecule has 1 amide bonds. The minimum absolute atomic E-state index is 0.0626. The standard InChI is InChI=1S/C21H24Cl2N2O/c1-14-3-6-20(15(2)11-14)24-21(26)16-7-9-25(10-8-16)13-17-4-5-18(22)12-19(17)23/h3-6,11-12,16H,7-10,13H2,1-2H3,(H,24,26). The second-order valence-corrected chi connectivity index (χ2v) is 7.94. The Kier molecular flexibility index (Phi) is 6.23. The van der Waals surface area contributed by atoms with Gasteiger partial charge in [-0.1, -0.05) is 47.0 Å². The van der Waals surface area contributed by atoms with Gasteiger partial charge in [-0.15, -0.1) is 0 Å². The molecule has 1 saturated heterocycles. The van der Waals surface area contributed by atoms with Gasteiger partial charge in [0.15, 0.2) is 0 Å². The van der Waals surface area contributed by atoms with E-state index in [2.05, 4.69) is 23.2 Å². The summed E-state index contributed by atoms with van der Waals surface area (Å²) in [6.45, 7) is 6.66. The van der Waals surface area contributed by atoms with Crippen LogP contribution < -0.4 is 5.32 Å². The molecule has 0 bridgehead atoms. The molecule has 1 aliphatic rings. The fraction of sp³-hybridized carbons (Fsp3) is 0.381. The van der Waals surface area contributed by atoms with Crippen molar-refractivity contribution in [3.63, 3.8) is 0 Å². The summed E-state index contributed by atoms with van der Waals surface area (Å²) in [5.74, 6) is 0.189. The van der Waals surface area contributed by atoms with Crippen LogP contribution in [0.1, 0.15) is 29.5 Å². The Balaban J connectivity index is 1.53. The summed E-state index contributed by atoms with van der Waals surface area (Å²) < 4.78 is 0. The van der Waals surface area contributed by atoms with Crippen molar-refractivity contribution in [3.05, 3.63) is 63.1 Å². The predicted octanol–water partition coefficient (Wildman–Crippen LogP) is 5.46. The van der Waals surface area contributed by atoms with Gasteiger partial charge < -0.3 is 5.32 Å². The molecule has 26 heavy (non-hydrogen) atoms. The maximum Gasteiger partial charge on any atom is 0.227 e.